The first-order valence-corrected chi connectivity index (χ1v) is 7.44. The van der Waals surface area contributed by atoms with Gasteiger partial charge in [0, 0.05) is 7.11 Å². The van der Waals surface area contributed by atoms with E-state index in [1.807, 2.05) is 6.92 Å². The largest absolute Gasteiger partial charge is 0.394 e. The van der Waals surface area contributed by atoms with Crippen molar-refractivity contribution in [1.82, 2.24) is 0 Å². The van der Waals surface area contributed by atoms with Crippen molar-refractivity contribution < 1.29 is 39.0 Å². The molecule has 4 unspecified atom stereocenters. The fourth-order valence-corrected chi connectivity index (χ4v) is 1.60. The Morgan fingerprint density at radius 3 is 2.09 bits per heavy atom. The SMILES string of the molecule is C#CCOCC(COC(CO)OC(CC)CO)OC(CO)OC. The third-order valence-corrected chi connectivity index (χ3v) is 2.87. The molecule has 0 aromatic carbocycles. The molecule has 0 aliphatic heterocycles. The molecule has 0 saturated heterocycles. The molecule has 8 heteroatoms. The molecule has 136 valence electrons. The van der Waals surface area contributed by atoms with Crippen molar-refractivity contribution in [3.05, 3.63) is 0 Å². The van der Waals surface area contributed by atoms with Crippen LogP contribution in [0, 0.1) is 12.3 Å². The molecule has 8 nitrogen and oxygen atoms in total. The minimum Gasteiger partial charge on any atom is -0.394 e. The van der Waals surface area contributed by atoms with Gasteiger partial charge in [-0.3, -0.25) is 0 Å². The van der Waals surface area contributed by atoms with Gasteiger partial charge in [0.25, 0.3) is 0 Å². The van der Waals surface area contributed by atoms with E-state index < -0.39 is 24.8 Å². The van der Waals surface area contributed by atoms with Crippen LogP contribution in [-0.2, 0) is 23.7 Å². The molecule has 23 heavy (non-hydrogen) atoms. The molecular weight excluding hydrogens is 308 g/mol. The van der Waals surface area contributed by atoms with Gasteiger partial charge < -0.3 is 39.0 Å². The number of rotatable bonds is 15. The summed E-state index contributed by atoms with van der Waals surface area (Å²) in [5.41, 5.74) is 0. The van der Waals surface area contributed by atoms with Crippen LogP contribution in [-0.4, -0.2) is 86.9 Å². The number of ether oxygens (including phenoxy) is 5. The maximum atomic E-state index is 9.27. The van der Waals surface area contributed by atoms with Crippen LogP contribution in [0.15, 0.2) is 0 Å². The maximum Gasteiger partial charge on any atom is 0.181 e. The third-order valence-electron chi connectivity index (χ3n) is 2.87. The Morgan fingerprint density at radius 2 is 1.61 bits per heavy atom. The second kappa shape index (κ2) is 14.8. The summed E-state index contributed by atoms with van der Waals surface area (Å²) in [6, 6.07) is 0. The van der Waals surface area contributed by atoms with Gasteiger partial charge in [0.15, 0.2) is 12.6 Å². The number of terminal acetylenes is 1. The lowest BCUT2D eigenvalue weighted by Gasteiger charge is -2.26. The number of hydrogen-bond donors (Lipinski definition) is 3. The first-order valence-electron chi connectivity index (χ1n) is 7.44. The summed E-state index contributed by atoms with van der Waals surface area (Å²) < 4.78 is 26.4. The summed E-state index contributed by atoms with van der Waals surface area (Å²) in [6.45, 7) is 1.24. The summed E-state index contributed by atoms with van der Waals surface area (Å²) in [5.74, 6) is 2.33. The predicted molar refractivity (Wildman–Crippen MR) is 81.5 cm³/mol. The van der Waals surface area contributed by atoms with E-state index in [9.17, 15) is 5.11 Å². The minimum absolute atomic E-state index is 0.0253. The first kappa shape index (κ1) is 22.2. The summed E-state index contributed by atoms with van der Waals surface area (Å²) >= 11 is 0. The van der Waals surface area contributed by atoms with Gasteiger partial charge >= 0.3 is 0 Å². The summed E-state index contributed by atoms with van der Waals surface area (Å²) in [5, 5.41) is 27.5. The van der Waals surface area contributed by atoms with Crippen molar-refractivity contribution in [3.63, 3.8) is 0 Å². The molecule has 0 amide bonds. The Balaban J connectivity index is 4.44. The molecule has 0 aliphatic carbocycles. The standard InChI is InChI=1S/C15H28O8/c1-4-6-20-10-13(23-14(8-17)19-3)11-21-15(9-18)22-12(5-2)7-16/h1,12-18H,5-11H2,2-3H3. The van der Waals surface area contributed by atoms with E-state index in [0.717, 1.165) is 0 Å². The van der Waals surface area contributed by atoms with E-state index >= 15 is 0 Å². The lowest BCUT2D eigenvalue weighted by atomic mass is 10.3. The quantitative estimate of drug-likeness (QED) is 0.201. The van der Waals surface area contributed by atoms with Crippen LogP contribution >= 0.6 is 0 Å². The molecule has 0 aromatic heterocycles. The highest BCUT2D eigenvalue weighted by molar-refractivity contribution is 4.83. The fraction of sp³-hybridized carbons (Fsp3) is 0.867. The number of aliphatic hydroxyl groups is 3. The van der Waals surface area contributed by atoms with Crippen molar-refractivity contribution in [1.29, 1.82) is 0 Å². The lowest BCUT2D eigenvalue weighted by Crippen LogP contribution is -2.37. The molecule has 0 fully saturated rings. The van der Waals surface area contributed by atoms with Gasteiger partial charge in [0.05, 0.1) is 39.1 Å². The van der Waals surface area contributed by atoms with Crippen molar-refractivity contribution in [3.8, 4) is 12.3 Å². The van der Waals surface area contributed by atoms with Crippen molar-refractivity contribution in [2.45, 2.75) is 38.1 Å². The first-order chi connectivity index (χ1) is 11.1. The van der Waals surface area contributed by atoms with Crippen LogP contribution < -0.4 is 0 Å². The molecule has 0 aliphatic rings. The molecule has 3 N–H and O–H groups in total. The summed E-state index contributed by atoms with van der Waals surface area (Å²) in [4.78, 5) is 0. The van der Waals surface area contributed by atoms with Crippen LogP contribution in [0.4, 0.5) is 0 Å². The Labute approximate surface area is 137 Å². The molecular formula is C15H28O8. The minimum atomic E-state index is -0.902. The smallest absolute Gasteiger partial charge is 0.181 e. The van der Waals surface area contributed by atoms with Crippen molar-refractivity contribution >= 4 is 0 Å². The summed E-state index contributed by atoms with van der Waals surface area (Å²) in [6.07, 6.45) is 2.96. The van der Waals surface area contributed by atoms with Gasteiger partial charge in [0.1, 0.15) is 12.7 Å². The van der Waals surface area contributed by atoms with Gasteiger partial charge in [-0.25, -0.2) is 0 Å². The third kappa shape index (κ3) is 10.6. The molecule has 0 saturated carbocycles. The normalized spacial score (nSPS) is 16.5. The van der Waals surface area contributed by atoms with Crippen LogP contribution in [0.1, 0.15) is 13.3 Å². The fourth-order valence-electron chi connectivity index (χ4n) is 1.60. The van der Waals surface area contributed by atoms with Crippen molar-refractivity contribution in [2.24, 2.45) is 0 Å². The number of methoxy groups -OCH3 is 1. The molecule has 0 rings (SSSR count). The Bertz CT molecular complexity index is 298. The van der Waals surface area contributed by atoms with E-state index in [0.29, 0.717) is 6.42 Å². The van der Waals surface area contributed by atoms with Gasteiger partial charge in [-0.1, -0.05) is 12.8 Å². The molecule has 4 atom stereocenters. The van der Waals surface area contributed by atoms with E-state index in [1.165, 1.54) is 7.11 Å². The van der Waals surface area contributed by atoms with E-state index in [4.69, 9.17) is 40.3 Å². The average molecular weight is 336 g/mol. The highest BCUT2D eigenvalue weighted by atomic mass is 16.7. The lowest BCUT2D eigenvalue weighted by molar-refractivity contribution is -0.235. The van der Waals surface area contributed by atoms with E-state index in [2.05, 4.69) is 5.92 Å². The topological polar surface area (TPSA) is 107 Å². The zero-order chi connectivity index (χ0) is 17.5. The predicted octanol–water partition coefficient (Wildman–Crippen LogP) is -0.891. The van der Waals surface area contributed by atoms with Gasteiger partial charge in [0.2, 0.25) is 0 Å². The number of hydrogen-bond acceptors (Lipinski definition) is 8. The van der Waals surface area contributed by atoms with Crippen LogP contribution in [0.25, 0.3) is 0 Å². The van der Waals surface area contributed by atoms with E-state index in [1.54, 1.807) is 0 Å². The zero-order valence-electron chi connectivity index (χ0n) is 13.7. The molecule has 0 spiro atoms. The van der Waals surface area contributed by atoms with Crippen LogP contribution in [0.3, 0.4) is 0 Å². The molecule has 0 aromatic rings. The highest BCUT2D eigenvalue weighted by Gasteiger charge is 2.20. The van der Waals surface area contributed by atoms with Crippen molar-refractivity contribution in [2.75, 3.05) is 46.8 Å². The molecule has 0 heterocycles. The summed E-state index contributed by atoms with van der Waals surface area (Å²) in [7, 11) is 1.40. The number of aliphatic hydroxyl groups excluding tert-OH is 3. The second-order valence-electron chi connectivity index (χ2n) is 4.62. The zero-order valence-corrected chi connectivity index (χ0v) is 13.7. The molecule has 0 radical (unpaired) electrons. The Morgan fingerprint density at radius 1 is 0.957 bits per heavy atom. The maximum absolute atomic E-state index is 9.27. The van der Waals surface area contributed by atoms with Gasteiger partial charge in [-0.05, 0) is 6.42 Å². The van der Waals surface area contributed by atoms with Crippen LogP contribution in [0.2, 0.25) is 0 Å². The Kier molecular flexibility index (Phi) is 14.3. The Hall–Kier alpha value is -0.760. The molecule has 0 bridgehead atoms. The average Bonchev–Trinajstić information content (AvgIpc) is 2.59. The highest BCUT2D eigenvalue weighted by Crippen LogP contribution is 2.07. The van der Waals surface area contributed by atoms with Gasteiger partial charge in [-0.15, -0.1) is 6.42 Å². The second-order valence-corrected chi connectivity index (χ2v) is 4.62. The van der Waals surface area contributed by atoms with E-state index in [-0.39, 0.29) is 39.6 Å². The van der Waals surface area contributed by atoms with Gasteiger partial charge in [-0.2, -0.15) is 0 Å². The monoisotopic (exact) mass is 336 g/mol. The van der Waals surface area contributed by atoms with Crippen LogP contribution in [0.5, 0.6) is 0 Å².